The van der Waals surface area contributed by atoms with Crippen LogP contribution >= 0.6 is 0 Å². The third kappa shape index (κ3) is 4.69. The molecule has 0 bridgehead atoms. The van der Waals surface area contributed by atoms with Crippen LogP contribution in [0, 0.1) is 79.3 Å². The highest BCUT2D eigenvalue weighted by molar-refractivity contribution is 5.78. The second-order valence-electron chi connectivity index (χ2n) is 10.1. The summed E-state index contributed by atoms with van der Waals surface area (Å²) in [6.07, 6.45) is 0. The Morgan fingerprint density at radius 1 is 0.440 bits per heavy atom. The summed E-state index contributed by atoms with van der Waals surface area (Å²) in [6, 6.07) is 26.1. The standard InChI is InChI=1S/C34H8N16/c35-9-16(10-36)29-44-25-7-5-18(20(13-39)27(25)46-29)31-48-32(19-6-8-26-28(21(19)14-40)47-30(45-26)17(11-37)12-38)50-34(49-31)22(15-41)33-42-23-3-1-2-4-24(23)43-33/h1-8H. The number of hydrogen-bond donors (Lipinski definition) is 0. The third-order valence-electron chi connectivity index (χ3n) is 7.33. The zero-order chi connectivity index (χ0) is 34.9. The number of aromatic nitrogens is 3. The van der Waals surface area contributed by atoms with Gasteiger partial charge in [0.15, 0.2) is 46.1 Å². The molecule has 16 heteroatoms. The van der Waals surface area contributed by atoms with E-state index in [1.54, 1.807) is 48.5 Å². The molecule has 224 valence electrons. The van der Waals surface area contributed by atoms with Crippen LogP contribution in [0.3, 0.4) is 0 Å². The van der Waals surface area contributed by atoms with Crippen molar-refractivity contribution in [3.63, 3.8) is 0 Å². The van der Waals surface area contributed by atoms with E-state index in [9.17, 15) is 36.8 Å². The summed E-state index contributed by atoms with van der Waals surface area (Å²) in [6.45, 7) is 0. The van der Waals surface area contributed by atoms with Gasteiger partial charge in [0.05, 0.1) is 32.6 Å². The third-order valence-corrected chi connectivity index (χ3v) is 7.33. The molecule has 4 aromatic rings. The topological polar surface area (TPSA) is 279 Å². The fraction of sp³-hybridized carbons (Fsp3) is 0. The van der Waals surface area contributed by atoms with E-state index in [4.69, 9.17) is 0 Å². The molecule has 1 aromatic heterocycles. The molecule has 0 saturated carbocycles. The van der Waals surface area contributed by atoms with Crippen molar-refractivity contribution in [2.45, 2.75) is 0 Å². The number of nitriles is 7. The number of allylic oxidation sites excluding steroid dienone is 3. The largest absolute Gasteiger partial charge is 0.226 e. The van der Waals surface area contributed by atoms with Crippen LogP contribution in [0.5, 0.6) is 0 Å². The van der Waals surface area contributed by atoms with Crippen molar-refractivity contribution in [2.24, 2.45) is 30.0 Å². The minimum Gasteiger partial charge on any atom is -0.226 e. The van der Waals surface area contributed by atoms with Crippen LogP contribution in [0.1, 0.15) is 17.0 Å². The van der Waals surface area contributed by atoms with E-state index in [0.717, 1.165) is 0 Å². The lowest BCUT2D eigenvalue weighted by Crippen LogP contribution is -2.26. The molecular weight excluding hydrogens is 632 g/mol. The lowest BCUT2D eigenvalue weighted by atomic mass is 10.0. The van der Waals surface area contributed by atoms with Gasteiger partial charge in [-0.1, -0.05) is 12.1 Å². The first kappa shape index (κ1) is 29.8. The molecule has 0 unspecified atom stereocenters. The molecular formula is C34H8N16. The average Bonchev–Trinajstić information content (AvgIpc) is 3.89. The molecule has 0 saturated heterocycles. The number of benzene rings is 3. The molecule has 0 atom stereocenters. The summed E-state index contributed by atoms with van der Waals surface area (Å²) in [7, 11) is 0. The number of rotatable bonds is 3. The number of hydrogen-bond acceptors (Lipinski definition) is 16. The smallest absolute Gasteiger partial charge is 0.182 e. The fourth-order valence-electron chi connectivity index (χ4n) is 5.08. The molecule has 0 fully saturated rings. The Hall–Kier alpha value is -8.88. The maximum Gasteiger partial charge on any atom is 0.182 e. The highest BCUT2D eigenvalue weighted by Crippen LogP contribution is 2.27. The highest BCUT2D eigenvalue weighted by Gasteiger charge is 2.24. The fourth-order valence-corrected chi connectivity index (χ4v) is 5.08. The Balaban J connectivity index is 1.54. The van der Waals surface area contributed by atoms with E-state index >= 15 is 0 Å². The van der Waals surface area contributed by atoms with Gasteiger partial charge in [-0.2, -0.15) is 36.8 Å². The van der Waals surface area contributed by atoms with Gasteiger partial charge in [0.2, 0.25) is 0 Å². The van der Waals surface area contributed by atoms with Crippen LogP contribution in [0.4, 0.5) is 0 Å². The van der Waals surface area contributed by atoms with Crippen molar-refractivity contribution >= 4 is 5.57 Å². The van der Waals surface area contributed by atoms with E-state index in [1.165, 1.54) is 24.3 Å². The van der Waals surface area contributed by atoms with Crippen molar-refractivity contribution in [1.29, 1.82) is 36.8 Å². The predicted octanol–water partition coefficient (Wildman–Crippen LogP) is 0.117. The van der Waals surface area contributed by atoms with Crippen LogP contribution in [0.2, 0.25) is 0 Å². The van der Waals surface area contributed by atoms with Crippen LogP contribution in [0.15, 0.2) is 107 Å². The minimum atomic E-state index is -0.348. The number of para-hydroxylation sites is 2. The van der Waals surface area contributed by atoms with Crippen molar-refractivity contribution in [3.05, 3.63) is 126 Å². The Morgan fingerprint density at radius 2 is 0.880 bits per heavy atom. The zero-order valence-corrected chi connectivity index (χ0v) is 24.8. The molecule has 0 spiro atoms. The summed E-state index contributed by atoms with van der Waals surface area (Å²) in [5.74, 6) is -0.700. The molecule has 0 radical (unpaired) electrons. The summed E-state index contributed by atoms with van der Waals surface area (Å²) in [4.78, 5) is 39.6. The van der Waals surface area contributed by atoms with Gasteiger partial charge >= 0.3 is 0 Å². The first-order chi connectivity index (χ1) is 24.4. The normalized spacial score (nSPS) is 12.3. The maximum atomic E-state index is 10.3. The van der Waals surface area contributed by atoms with Crippen molar-refractivity contribution in [3.8, 4) is 65.3 Å². The Labute approximate surface area is 278 Å². The molecule has 0 amide bonds. The van der Waals surface area contributed by atoms with Crippen LogP contribution in [0.25, 0.3) is 28.3 Å². The second-order valence-corrected chi connectivity index (χ2v) is 10.1. The Bertz CT molecular complexity index is 2890. The Morgan fingerprint density at radius 3 is 1.28 bits per heavy atom. The van der Waals surface area contributed by atoms with E-state index < -0.39 is 0 Å². The van der Waals surface area contributed by atoms with Crippen molar-refractivity contribution < 1.29 is 0 Å². The van der Waals surface area contributed by atoms with E-state index in [1.807, 2.05) is 0 Å². The number of fused-ring (bicyclic) bond motifs is 3. The molecule has 0 N–H and O–H groups in total. The minimum absolute atomic E-state index is 0.0222. The first-order valence-electron chi connectivity index (χ1n) is 14.0. The van der Waals surface area contributed by atoms with E-state index in [0.29, 0.717) is 10.7 Å². The molecule has 7 rings (SSSR count). The van der Waals surface area contributed by atoms with Gasteiger partial charge in [-0.15, -0.1) is 0 Å². The van der Waals surface area contributed by atoms with Gasteiger partial charge in [0, 0.05) is 11.1 Å². The average molecular weight is 641 g/mol. The van der Waals surface area contributed by atoms with Crippen molar-refractivity contribution in [2.75, 3.05) is 0 Å². The SMILES string of the molecule is N#CC(C#N)=C1N=c2ccc(-c3nc(C(C#N)=C4N=c5ccccc5=N4)nc(-c4ccc5c(c4C#N)=NC(=C(C#N)C#N)N=5)n3)c(C#N)c2=N1. The molecule has 50 heavy (non-hydrogen) atoms. The predicted molar refractivity (Wildman–Crippen MR) is 163 cm³/mol. The van der Waals surface area contributed by atoms with Crippen LogP contribution in [-0.4, -0.2) is 15.0 Å². The van der Waals surface area contributed by atoms with Gasteiger partial charge < -0.3 is 0 Å². The van der Waals surface area contributed by atoms with Gasteiger partial charge in [0.1, 0.15) is 58.8 Å². The molecule has 3 aliphatic heterocycles. The summed E-state index contributed by atoms with van der Waals surface area (Å²) in [5.41, 5.74) is -0.664. The second kappa shape index (κ2) is 11.8. The lowest BCUT2D eigenvalue weighted by molar-refractivity contribution is 1.02. The number of nitrogens with zero attached hydrogens (tertiary/aromatic N) is 16. The zero-order valence-electron chi connectivity index (χ0n) is 24.8. The molecule has 0 aliphatic carbocycles. The first-order valence-corrected chi connectivity index (χ1v) is 14.0. The monoisotopic (exact) mass is 640 g/mol. The van der Waals surface area contributed by atoms with E-state index in [2.05, 4.69) is 63.1 Å². The molecule has 16 nitrogen and oxygen atoms in total. The van der Waals surface area contributed by atoms with Gasteiger partial charge in [-0.25, -0.2) is 44.9 Å². The Kier molecular flexibility index (Phi) is 7.04. The van der Waals surface area contributed by atoms with Gasteiger partial charge in [-0.05, 0) is 36.4 Å². The maximum absolute atomic E-state index is 10.3. The summed E-state index contributed by atoms with van der Waals surface area (Å²) in [5, 5.41) is 69.9. The van der Waals surface area contributed by atoms with Gasteiger partial charge in [0.25, 0.3) is 0 Å². The van der Waals surface area contributed by atoms with Crippen LogP contribution < -0.4 is 32.1 Å². The summed E-state index contributed by atoms with van der Waals surface area (Å²) < 4.78 is 0. The molecule has 3 aliphatic rings. The van der Waals surface area contributed by atoms with Crippen LogP contribution in [-0.2, 0) is 0 Å². The van der Waals surface area contributed by atoms with E-state index in [-0.39, 0.29) is 95.3 Å². The molecule has 3 aromatic carbocycles. The molecule has 4 heterocycles. The lowest BCUT2D eigenvalue weighted by Gasteiger charge is -2.09. The summed E-state index contributed by atoms with van der Waals surface area (Å²) >= 11 is 0. The van der Waals surface area contributed by atoms with Crippen molar-refractivity contribution in [1.82, 2.24) is 15.0 Å². The quantitative estimate of drug-likeness (QED) is 0.272. The van der Waals surface area contributed by atoms with Gasteiger partial charge in [-0.3, -0.25) is 0 Å². The highest BCUT2D eigenvalue weighted by atomic mass is 15.1.